The summed E-state index contributed by atoms with van der Waals surface area (Å²) in [6.07, 6.45) is 0. The summed E-state index contributed by atoms with van der Waals surface area (Å²) in [7, 11) is 0. The van der Waals surface area contributed by atoms with Gasteiger partial charge >= 0.3 is 6.03 Å². The molecule has 0 spiro atoms. The number of anilines is 1. The number of halogens is 2. The molecule has 6 heteroatoms. The number of urea groups is 1. The van der Waals surface area contributed by atoms with Crippen LogP contribution in [0, 0.1) is 6.92 Å². The van der Waals surface area contributed by atoms with E-state index in [1.165, 1.54) is 0 Å². The molecule has 2 aromatic rings. The Morgan fingerprint density at radius 2 is 2.00 bits per heavy atom. The molecule has 1 aliphatic rings. The first-order valence-corrected chi connectivity index (χ1v) is 9.06. The fourth-order valence-electron chi connectivity index (χ4n) is 2.48. The van der Waals surface area contributed by atoms with Gasteiger partial charge in [-0.05, 0) is 30.7 Å². The molecule has 2 aromatic carbocycles. The van der Waals surface area contributed by atoms with Crippen LogP contribution in [0.25, 0.3) is 0 Å². The second-order valence-electron chi connectivity index (χ2n) is 5.33. The molecule has 0 aromatic heterocycles. The van der Waals surface area contributed by atoms with Crippen LogP contribution in [-0.4, -0.2) is 23.2 Å². The van der Waals surface area contributed by atoms with Crippen molar-refractivity contribution in [2.75, 3.05) is 17.6 Å². The molecule has 1 fully saturated rings. The quantitative estimate of drug-likeness (QED) is 0.751. The van der Waals surface area contributed by atoms with Gasteiger partial charge in [0.15, 0.2) is 0 Å². The molecule has 1 N–H and O–H groups in total. The maximum atomic E-state index is 12.6. The van der Waals surface area contributed by atoms with E-state index in [9.17, 15) is 4.79 Å². The topological polar surface area (TPSA) is 32.3 Å². The highest BCUT2D eigenvalue weighted by Gasteiger charge is 2.31. The van der Waals surface area contributed by atoms with Crippen molar-refractivity contribution in [2.45, 2.75) is 12.3 Å². The third kappa shape index (κ3) is 3.60. The van der Waals surface area contributed by atoms with Gasteiger partial charge in [-0.25, -0.2) is 4.79 Å². The average Bonchev–Trinajstić information content (AvgIpc) is 3.01. The summed E-state index contributed by atoms with van der Waals surface area (Å²) >= 11 is 14.1. The van der Waals surface area contributed by atoms with Crippen LogP contribution in [0.15, 0.2) is 42.5 Å². The van der Waals surface area contributed by atoms with E-state index in [4.69, 9.17) is 23.2 Å². The number of hydrogen-bond donors (Lipinski definition) is 1. The minimum Gasteiger partial charge on any atom is -0.308 e. The minimum atomic E-state index is -0.139. The number of nitrogens with zero attached hydrogens (tertiary/aromatic N) is 1. The maximum Gasteiger partial charge on any atom is 0.323 e. The van der Waals surface area contributed by atoms with Gasteiger partial charge < -0.3 is 10.2 Å². The van der Waals surface area contributed by atoms with Gasteiger partial charge in [-0.15, -0.1) is 11.8 Å². The predicted octanol–water partition coefficient (Wildman–Crippen LogP) is 5.58. The summed E-state index contributed by atoms with van der Waals surface area (Å²) in [6, 6.07) is 13.0. The zero-order chi connectivity index (χ0) is 16.4. The maximum absolute atomic E-state index is 12.6. The Hall–Kier alpha value is -1.36. The smallest absolute Gasteiger partial charge is 0.308 e. The monoisotopic (exact) mass is 366 g/mol. The molecule has 1 unspecified atom stereocenters. The van der Waals surface area contributed by atoms with E-state index in [1.807, 2.05) is 43.3 Å². The molecular weight excluding hydrogens is 351 g/mol. The second kappa shape index (κ2) is 7.04. The van der Waals surface area contributed by atoms with Gasteiger partial charge in [-0.2, -0.15) is 0 Å². The van der Waals surface area contributed by atoms with E-state index < -0.39 is 0 Å². The Kier molecular flexibility index (Phi) is 5.05. The van der Waals surface area contributed by atoms with Crippen LogP contribution in [0.4, 0.5) is 10.5 Å². The zero-order valence-electron chi connectivity index (χ0n) is 12.6. The minimum absolute atomic E-state index is 0.0652. The van der Waals surface area contributed by atoms with Gasteiger partial charge in [0.1, 0.15) is 5.37 Å². The van der Waals surface area contributed by atoms with E-state index >= 15 is 0 Å². The van der Waals surface area contributed by atoms with Crippen molar-refractivity contribution in [3.63, 3.8) is 0 Å². The summed E-state index contributed by atoms with van der Waals surface area (Å²) in [5, 5.41) is 4.18. The van der Waals surface area contributed by atoms with Crippen LogP contribution in [0.5, 0.6) is 0 Å². The zero-order valence-corrected chi connectivity index (χ0v) is 14.9. The highest BCUT2D eigenvalue weighted by atomic mass is 35.5. The summed E-state index contributed by atoms with van der Waals surface area (Å²) in [5.74, 6) is 0.887. The lowest BCUT2D eigenvalue weighted by Crippen LogP contribution is -2.34. The van der Waals surface area contributed by atoms with Crippen molar-refractivity contribution in [2.24, 2.45) is 0 Å². The van der Waals surface area contributed by atoms with E-state index in [-0.39, 0.29) is 11.4 Å². The second-order valence-corrected chi connectivity index (χ2v) is 7.33. The molecule has 1 saturated heterocycles. The van der Waals surface area contributed by atoms with Gasteiger partial charge in [-0.3, -0.25) is 0 Å². The molecule has 1 heterocycles. The predicted molar refractivity (Wildman–Crippen MR) is 98.6 cm³/mol. The number of nitrogens with one attached hydrogen (secondary N) is 1. The largest absolute Gasteiger partial charge is 0.323 e. The lowest BCUT2D eigenvalue weighted by Gasteiger charge is -2.25. The highest BCUT2D eigenvalue weighted by molar-refractivity contribution is 7.99. The number of rotatable bonds is 2. The lowest BCUT2D eigenvalue weighted by atomic mass is 10.2. The van der Waals surface area contributed by atoms with Crippen molar-refractivity contribution in [1.82, 2.24) is 4.90 Å². The Bertz CT molecular complexity index is 738. The highest BCUT2D eigenvalue weighted by Crippen LogP contribution is 2.41. The van der Waals surface area contributed by atoms with Gasteiger partial charge in [0.25, 0.3) is 0 Å². The number of thioether (sulfide) groups is 1. The van der Waals surface area contributed by atoms with Crippen molar-refractivity contribution in [1.29, 1.82) is 0 Å². The van der Waals surface area contributed by atoms with Crippen molar-refractivity contribution in [3.8, 4) is 0 Å². The number of carbonyl (C=O) groups excluding carboxylic acids is 1. The van der Waals surface area contributed by atoms with Crippen LogP contribution in [0.1, 0.15) is 16.5 Å². The lowest BCUT2D eigenvalue weighted by molar-refractivity contribution is 0.214. The molecule has 3 nitrogen and oxygen atoms in total. The molecule has 2 amide bonds. The molecule has 0 radical (unpaired) electrons. The van der Waals surface area contributed by atoms with Gasteiger partial charge in [0.05, 0.1) is 0 Å². The summed E-state index contributed by atoms with van der Waals surface area (Å²) < 4.78 is 0. The first kappa shape index (κ1) is 16.5. The molecule has 0 saturated carbocycles. The number of hydrogen-bond acceptors (Lipinski definition) is 2. The Labute approximate surface area is 150 Å². The number of aryl methyl sites for hydroxylation is 1. The number of amides is 2. The van der Waals surface area contributed by atoms with Crippen molar-refractivity contribution < 1.29 is 4.79 Å². The molecule has 23 heavy (non-hydrogen) atoms. The normalized spacial score (nSPS) is 17.3. The number of carbonyl (C=O) groups is 1. The average molecular weight is 367 g/mol. The Morgan fingerprint density at radius 3 is 2.74 bits per heavy atom. The van der Waals surface area contributed by atoms with Crippen molar-refractivity contribution in [3.05, 3.63) is 63.6 Å². The van der Waals surface area contributed by atoms with Crippen LogP contribution < -0.4 is 5.32 Å². The third-order valence-corrected chi connectivity index (χ3v) is 5.74. The van der Waals surface area contributed by atoms with E-state index in [0.29, 0.717) is 22.3 Å². The molecule has 1 atom stereocenters. The number of benzene rings is 2. The summed E-state index contributed by atoms with van der Waals surface area (Å²) in [4.78, 5) is 14.4. The van der Waals surface area contributed by atoms with Gasteiger partial charge in [0.2, 0.25) is 0 Å². The van der Waals surface area contributed by atoms with Crippen LogP contribution in [0.3, 0.4) is 0 Å². The van der Waals surface area contributed by atoms with Gasteiger partial charge in [0, 0.05) is 33.6 Å². The standard InChI is InChI=1S/C17H16Cl2N2OS/c1-11-6-7-12(10-15(11)19)20-17(22)21-8-9-23-16(21)13-4-2-3-5-14(13)18/h2-7,10,16H,8-9H2,1H3,(H,20,22). The SMILES string of the molecule is Cc1ccc(NC(=O)N2CCSC2c2ccccc2Cl)cc1Cl. The molecule has 1 aliphatic heterocycles. The van der Waals surface area contributed by atoms with E-state index in [1.54, 1.807) is 22.7 Å². The van der Waals surface area contributed by atoms with Gasteiger partial charge in [-0.1, -0.05) is 47.5 Å². The molecular formula is C17H16Cl2N2OS. The molecule has 0 aliphatic carbocycles. The Morgan fingerprint density at radius 1 is 1.22 bits per heavy atom. The van der Waals surface area contributed by atoms with Crippen molar-refractivity contribution >= 4 is 46.7 Å². The van der Waals surface area contributed by atoms with E-state index in [2.05, 4.69) is 5.32 Å². The first-order valence-electron chi connectivity index (χ1n) is 7.26. The summed E-state index contributed by atoms with van der Waals surface area (Å²) in [5.41, 5.74) is 2.64. The first-order chi connectivity index (χ1) is 11.1. The molecule has 3 rings (SSSR count). The Balaban J connectivity index is 1.78. The fourth-order valence-corrected chi connectivity index (χ4v) is 4.25. The van der Waals surface area contributed by atoms with Crippen LogP contribution >= 0.6 is 35.0 Å². The third-order valence-electron chi connectivity index (χ3n) is 3.75. The van der Waals surface area contributed by atoms with Crippen LogP contribution in [-0.2, 0) is 0 Å². The molecule has 120 valence electrons. The van der Waals surface area contributed by atoms with Crippen LogP contribution in [0.2, 0.25) is 10.0 Å². The molecule has 0 bridgehead atoms. The fraction of sp³-hybridized carbons (Fsp3) is 0.235. The van der Waals surface area contributed by atoms with E-state index in [0.717, 1.165) is 16.9 Å². The summed E-state index contributed by atoms with van der Waals surface area (Å²) in [6.45, 7) is 2.62.